The Hall–Kier alpha value is -0.973. The van der Waals surface area contributed by atoms with E-state index in [-0.39, 0.29) is 18.9 Å². The summed E-state index contributed by atoms with van der Waals surface area (Å²) in [6.45, 7) is 0. The molecule has 0 aliphatic carbocycles. The van der Waals surface area contributed by atoms with Gasteiger partial charge in [0, 0.05) is 0 Å². The van der Waals surface area contributed by atoms with Gasteiger partial charge in [0.05, 0.1) is 0 Å². The van der Waals surface area contributed by atoms with Crippen molar-refractivity contribution in [2.24, 2.45) is 7.05 Å². The molecule has 0 aliphatic heterocycles. The maximum absolute atomic E-state index is 4.19. The van der Waals surface area contributed by atoms with Crippen molar-refractivity contribution in [3.05, 3.63) is 42.7 Å². The first kappa shape index (κ1) is 10.1. The van der Waals surface area contributed by atoms with Crippen molar-refractivity contribution in [1.29, 1.82) is 0 Å². The van der Waals surface area contributed by atoms with Gasteiger partial charge in [-0.3, -0.25) is 0 Å². The van der Waals surface area contributed by atoms with E-state index in [1.165, 1.54) is 0 Å². The fraction of sp³-hybridized carbons (Fsp3) is 0.100. The van der Waals surface area contributed by atoms with Crippen LogP contribution in [0.2, 0.25) is 0 Å². The topological polar surface area (TPSA) is 17.8 Å². The van der Waals surface area contributed by atoms with Gasteiger partial charge in [-0.15, -0.1) is 0 Å². The number of imidazole rings is 1. The molecular formula is C10H9LiN2. The van der Waals surface area contributed by atoms with Crippen LogP contribution in [0.15, 0.2) is 36.5 Å². The van der Waals surface area contributed by atoms with Crippen LogP contribution in [0.3, 0.4) is 0 Å². The molecule has 2 nitrogen and oxygen atoms in total. The Labute approximate surface area is 89.8 Å². The molecule has 60 valence electrons. The Balaban J connectivity index is 0.000000845. The number of benzene rings is 1. The van der Waals surface area contributed by atoms with Gasteiger partial charge in [-0.1, -0.05) is 42.1 Å². The predicted molar refractivity (Wildman–Crippen MR) is 47.5 cm³/mol. The van der Waals surface area contributed by atoms with Gasteiger partial charge in [-0.05, 0) is 12.9 Å². The largest absolute Gasteiger partial charge is 1.00 e. The van der Waals surface area contributed by atoms with E-state index in [0.29, 0.717) is 0 Å². The summed E-state index contributed by atoms with van der Waals surface area (Å²) in [5.74, 6) is 0.954. The molecule has 0 N–H and O–H groups in total. The van der Waals surface area contributed by atoms with Crippen LogP contribution in [0.5, 0.6) is 0 Å². The molecule has 1 aromatic carbocycles. The van der Waals surface area contributed by atoms with E-state index < -0.39 is 0 Å². The fourth-order valence-corrected chi connectivity index (χ4v) is 1.18. The van der Waals surface area contributed by atoms with Gasteiger partial charge in [0.2, 0.25) is 0 Å². The molecule has 0 amide bonds. The molecule has 13 heavy (non-hydrogen) atoms. The molecule has 0 atom stereocenters. The van der Waals surface area contributed by atoms with Gasteiger partial charge >= 0.3 is 18.9 Å². The van der Waals surface area contributed by atoms with Crippen LogP contribution in [0.4, 0.5) is 0 Å². The quantitative estimate of drug-likeness (QED) is 0.386. The summed E-state index contributed by atoms with van der Waals surface area (Å²) in [5.41, 5.74) is 1.13. The first-order valence-electron chi connectivity index (χ1n) is 3.83. The molecule has 0 fully saturated rings. The Morgan fingerprint density at radius 2 is 1.92 bits per heavy atom. The van der Waals surface area contributed by atoms with Crippen LogP contribution < -0.4 is 18.9 Å². The third kappa shape index (κ3) is 2.03. The van der Waals surface area contributed by atoms with Crippen molar-refractivity contribution in [3.63, 3.8) is 0 Å². The molecule has 2 aromatic rings. The van der Waals surface area contributed by atoms with Crippen LogP contribution in [0, 0.1) is 6.20 Å². The molecule has 0 saturated heterocycles. The van der Waals surface area contributed by atoms with Crippen LogP contribution in [0.1, 0.15) is 0 Å². The Bertz CT molecular complexity index is 367. The van der Waals surface area contributed by atoms with Crippen molar-refractivity contribution in [1.82, 2.24) is 9.55 Å². The smallest absolute Gasteiger partial charge is 0.497 e. The van der Waals surface area contributed by atoms with Gasteiger partial charge in [0.15, 0.2) is 0 Å². The number of hydrogen-bond donors (Lipinski definition) is 0. The number of rotatable bonds is 1. The standard InChI is InChI=1S/C10H9N2.Li/c1-12-8-7-11-10(12)9-5-3-2-4-6-9;/h2-7H,1H3;/q-1;+1. The van der Waals surface area contributed by atoms with Crippen molar-refractivity contribution in [2.45, 2.75) is 0 Å². The van der Waals surface area contributed by atoms with E-state index in [1.54, 1.807) is 6.20 Å². The molecule has 3 heteroatoms. The maximum Gasteiger partial charge on any atom is 1.00 e. The van der Waals surface area contributed by atoms with Gasteiger partial charge in [0.1, 0.15) is 0 Å². The number of hydrogen-bond acceptors (Lipinski definition) is 1. The maximum atomic E-state index is 4.19. The van der Waals surface area contributed by atoms with Crippen LogP contribution in [-0.2, 0) is 7.05 Å². The zero-order valence-electron chi connectivity index (χ0n) is 7.86. The minimum Gasteiger partial charge on any atom is -0.497 e. The molecule has 1 heterocycles. The Morgan fingerprint density at radius 3 is 2.46 bits per heavy atom. The summed E-state index contributed by atoms with van der Waals surface area (Å²) in [6.07, 6.45) is 4.66. The summed E-state index contributed by atoms with van der Waals surface area (Å²) >= 11 is 0. The SMILES string of the molecule is Cn1[c-]cnc1-c1ccccc1.[Li+]. The first-order chi connectivity index (χ1) is 5.88. The van der Waals surface area contributed by atoms with E-state index in [0.717, 1.165) is 11.4 Å². The van der Waals surface area contributed by atoms with Crippen LogP contribution in [-0.4, -0.2) is 9.55 Å². The summed E-state index contributed by atoms with van der Waals surface area (Å²) in [5, 5.41) is 0. The minimum absolute atomic E-state index is 0. The zero-order valence-corrected chi connectivity index (χ0v) is 7.86. The van der Waals surface area contributed by atoms with Gasteiger partial charge in [-0.2, -0.15) is 6.20 Å². The van der Waals surface area contributed by atoms with Crippen molar-refractivity contribution in [3.8, 4) is 11.4 Å². The monoisotopic (exact) mass is 164 g/mol. The summed E-state index contributed by atoms with van der Waals surface area (Å²) in [6, 6.07) is 10.1. The van der Waals surface area contributed by atoms with Crippen molar-refractivity contribution < 1.29 is 18.9 Å². The third-order valence-electron chi connectivity index (χ3n) is 1.79. The average Bonchev–Trinajstić information content (AvgIpc) is 2.53. The number of aromatic nitrogens is 2. The van der Waals surface area contributed by atoms with E-state index in [4.69, 9.17) is 0 Å². The second kappa shape index (κ2) is 4.32. The molecule has 0 saturated carbocycles. The minimum atomic E-state index is 0. The molecule has 2 rings (SSSR count). The summed E-state index contributed by atoms with van der Waals surface area (Å²) in [7, 11) is 1.94. The van der Waals surface area contributed by atoms with E-state index in [1.807, 2.05) is 41.9 Å². The average molecular weight is 164 g/mol. The second-order valence-corrected chi connectivity index (χ2v) is 2.64. The molecular weight excluding hydrogens is 155 g/mol. The van der Waals surface area contributed by atoms with Gasteiger partial charge < -0.3 is 9.55 Å². The second-order valence-electron chi connectivity index (χ2n) is 2.64. The summed E-state index contributed by atoms with van der Waals surface area (Å²) in [4.78, 5) is 4.19. The first-order valence-corrected chi connectivity index (χ1v) is 3.83. The van der Waals surface area contributed by atoms with Crippen molar-refractivity contribution >= 4 is 0 Å². The van der Waals surface area contributed by atoms with Gasteiger partial charge in [-0.25, -0.2) is 0 Å². The number of nitrogens with zero attached hydrogens (tertiary/aromatic N) is 2. The fourth-order valence-electron chi connectivity index (χ4n) is 1.18. The molecule has 0 spiro atoms. The van der Waals surface area contributed by atoms with E-state index in [2.05, 4.69) is 11.2 Å². The van der Waals surface area contributed by atoms with Gasteiger partial charge in [0.25, 0.3) is 0 Å². The van der Waals surface area contributed by atoms with Crippen LogP contribution >= 0.6 is 0 Å². The normalized spacial score (nSPS) is 9.31. The number of aryl methyl sites for hydroxylation is 1. The van der Waals surface area contributed by atoms with Crippen molar-refractivity contribution in [2.75, 3.05) is 0 Å². The molecule has 0 unspecified atom stereocenters. The van der Waals surface area contributed by atoms with Crippen LogP contribution in [0.25, 0.3) is 11.4 Å². The summed E-state index contributed by atoms with van der Waals surface area (Å²) < 4.78 is 1.88. The molecule has 0 radical (unpaired) electrons. The van der Waals surface area contributed by atoms with E-state index >= 15 is 0 Å². The Kier molecular flexibility index (Phi) is 3.36. The predicted octanol–water partition coefficient (Wildman–Crippen LogP) is -1.11. The molecule has 1 aromatic heterocycles. The molecule has 0 aliphatic rings. The molecule has 0 bridgehead atoms. The van der Waals surface area contributed by atoms with E-state index in [9.17, 15) is 0 Å². The zero-order chi connectivity index (χ0) is 8.39. The Morgan fingerprint density at radius 1 is 1.23 bits per heavy atom. The third-order valence-corrected chi connectivity index (χ3v) is 1.79.